The number of nitrogens with zero attached hydrogens (tertiary/aromatic N) is 1. The third-order valence-electron chi connectivity index (χ3n) is 3.76. The Bertz CT molecular complexity index is 391. The monoisotopic (exact) mass is 296 g/mol. The number of unbranched alkanes of at least 4 members (excludes halogenated alkanes) is 1. The number of amides is 1. The molecular formula is C16H25ClN2O. The minimum Gasteiger partial charge on any atom is -0.317 e. The molecule has 0 aliphatic carbocycles. The summed E-state index contributed by atoms with van der Waals surface area (Å²) in [5.74, 6) is 0.500. The van der Waals surface area contributed by atoms with Crippen LogP contribution in [0.5, 0.6) is 0 Å². The molecule has 1 fully saturated rings. The van der Waals surface area contributed by atoms with Crippen molar-refractivity contribution in [2.75, 3.05) is 24.5 Å². The average Bonchev–Trinajstić information content (AvgIpc) is 2.49. The molecule has 4 heteroatoms. The second kappa shape index (κ2) is 8.98. The van der Waals surface area contributed by atoms with Crippen molar-refractivity contribution >= 4 is 24.0 Å². The lowest BCUT2D eigenvalue weighted by Gasteiger charge is -2.29. The fourth-order valence-corrected chi connectivity index (χ4v) is 2.58. The fraction of sp³-hybridized carbons (Fsp3) is 0.562. The summed E-state index contributed by atoms with van der Waals surface area (Å²) in [6.45, 7) is 4.93. The van der Waals surface area contributed by atoms with Gasteiger partial charge in [0.2, 0.25) is 5.91 Å². The average molecular weight is 297 g/mol. The molecule has 0 bridgehead atoms. The summed E-state index contributed by atoms with van der Waals surface area (Å²) in [4.78, 5) is 14.7. The van der Waals surface area contributed by atoms with E-state index in [4.69, 9.17) is 0 Å². The molecule has 1 aromatic rings. The molecule has 20 heavy (non-hydrogen) atoms. The molecule has 0 atom stereocenters. The fourth-order valence-electron chi connectivity index (χ4n) is 2.58. The van der Waals surface area contributed by atoms with Gasteiger partial charge in [0.15, 0.2) is 0 Å². The number of nitrogens with one attached hydrogen (secondary N) is 1. The van der Waals surface area contributed by atoms with Gasteiger partial charge in [-0.25, -0.2) is 0 Å². The van der Waals surface area contributed by atoms with Crippen molar-refractivity contribution in [1.29, 1.82) is 0 Å². The van der Waals surface area contributed by atoms with E-state index < -0.39 is 0 Å². The minimum absolute atomic E-state index is 0. The molecule has 0 saturated carbocycles. The number of benzene rings is 1. The van der Waals surface area contributed by atoms with E-state index in [1.807, 2.05) is 35.2 Å². The molecule has 1 heterocycles. The Hall–Kier alpha value is -1.06. The van der Waals surface area contributed by atoms with Crippen molar-refractivity contribution in [3.8, 4) is 0 Å². The van der Waals surface area contributed by atoms with Crippen LogP contribution < -0.4 is 10.2 Å². The van der Waals surface area contributed by atoms with E-state index in [2.05, 4.69) is 12.2 Å². The van der Waals surface area contributed by atoms with Gasteiger partial charge in [0.1, 0.15) is 0 Å². The van der Waals surface area contributed by atoms with E-state index in [-0.39, 0.29) is 18.3 Å². The van der Waals surface area contributed by atoms with Crippen molar-refractivity contribution in [3.05, 3.63) is 30.3 Å². The Morgan fingerprint density at radius 1 is 1.25 bits per heavy atom. The van der Waals surface area contributed by atoms with Crippen LogP contribution in [0.2, 0.25) is 0 Å². The van der Waals surface area contributed by atoms with Crippen LogP contribution in [0.3, 0.4) is 0 Å². The van der Waals surface area contributed by atoms with Crippen LogP contribution in [0.15, 0.2) is 30.3 Å². The Morgan fingerprint density at radius 2 is 1.90 bits per heavy atom. The normalized spacial score (nSPS) is 15.4. The molecule has 1 amide bonds. The molecule has 0 unspecified atom stereocenters. The van der Waals surface area contributed by atoms with E-state index in [1.165, 1.54) is 0 Å². The predicted molar refractivity (Wildman–Crippen MR) is 86.5 cm³/mol. The Labute approximate surface area is 128 Å². The van der Waals surface area contributed by atoms with E-state index >= 15 is 0 Å². The van der Waals surface area contributed by atoms with Gasteiger partial charge < -0.3 is 10.2 Å². The van der Waals surface area contributed by atoms with Crippen molar-refractivity contribution in [2.45, 2.75) is 32.6 Å². The third-order valence-corrected chi connectivity index (χ3v) is 3.76. The molecule has 1 saturated heterocycles. The van der Waals surface area contributed by atoms with Crippen LogP contribution in [0.25, 0.3) is 0 Å². The first-order chi connectivity index (χ1) is 9.33. The molecule has 0 aromatic heterocycles. The van der Waals surface area contributed by atoms with Crippen LogP contribution in [-0.4, -0.2) is 25.5 Å². The first-order valence-electron chi connectivity index (χ1n) is 7.40. The van der Waals surface area contributed by atoms with Gasteiger partial charge in [-0.15, -0.1) is 12.4 Å². The highest BCUT2D eigenvalue weighted by atomic mass is 35.5. The van der Waals surface area contributed by atoms with Crippen molar-refractivity contribution < 1.29 is 4.79 Å². The van der Waals surface area contributed by atoms with Crippen LogP contribution in [0, 0.1) is 5.92 Å². The number of halogens is 1. The zero-order valence-corrected chi connectivity index (χ0v) is 13.0. The quantitative estimate of drug-likeness (QED) is 0.905. The van der Waals surface area contributed by atoms with Gasteiger partial charge in [-0.2, -0.15) is 0 Å². The van der Waals surface area contributed by atoms with E-state index in [1.54, 1.807) is 0 Å². The lowest BCUT2D eigenvalue weighted by Crippen LogP contribution is -2.41. The molecule has 112 valence electrons. The lowest BCUT2D eigenvalue weighted by molar-refractivity contribution is -0.123. The highest BCUT2D eigenvalue weighted by Crippen LogP contribution is 2.21. The molecule has 3 nitrogen and oxygen atoms in total. The molecule has 1 aromatic carbocycles. The summed E-state index contributed by atoms with van der Waals surface area (Å²) in [5.41, 5.74) is 1.04. The molecule has 1 aliphatic rings. The first-order valence-corrected chi connectivity index (χ1v) is 7.40. The Morgan fingerprint density at radius 3 is 2.50 bits per heavy atom. The van der Waals surface area contributed by atoms with Gasteiger partial charge in [-0.3, -0.25) is 4.79 Å². The number of para-hydroxylation sites is 1. The number of anilines is 1. The smallest absolute Gasteiger partial charge is 0.230 e. The minimum atomic E-state index is 0. The summed E-state index contributed by atoms with van der Waals surface area (Å²) in [7, 11) is 0. The summed E-state index contributed by atoms with van der Waals surface area (Å²) >= 11 is 0. The van der Waals surface area contributed by atoms with Gasteiger partial charge in [0.25, 0.3) is 0 Å². The molecule has 0 spiro atoms. The molecule has 1 N–H and O–H groups in total. The highest BCUT2D eigenvalue weighted by Gasteiger charge is 2.26. The first kappa shape index (κ1) is 17.0. The number of hydrogen-bond acceptors (Lipinski definition) is 2. The Balaban J connectivity index is 0.00000200. The van der Waals surface area contributed by atoms with Crippen LogP contribution in [0.1, 0.15) is 32.6 Å². The molecule has 1 aliphatic heterocycles. The lowest BCUT2D eigenvalue weighted by atomic mass is 9.96. The Kier molecular flexibility index (Phi) is 7.63. The van der Waals surface area contributed by atoms with E-state index in [9.17, 15) is 4.79 Å². The number of rotatable bonds is 5. The van der Waals surface area contributed by atoms with Gasteiger partial charge in [0, 0.05) is 18.2 Å². The van der Waals surface area contributed by atoms with Crippen LogP contribution in [-0.2, 0) is 4.79 Å². The number of piperidine rings is 1. The summed E-state index contributed by atoms with van der Waals surface area (Å²) < 4.78 is 0. The SMILES string of the molecule is CCCCN(C(=O)C1CCNCC1)c1ccccc1.Cl. The number of carbonyl (C=O) groups excluding carboxylic acids is 1. The maximum Gasteiger partial charge on any atom is 0.230 e. The third kappa shape index (κ3) is 4.50. The maximum absolute atomic E-state index is 12.7. The second-order valence-electron chi connectivity index (χ2n) is 5.20. The van der Waals surface area contributed by atoms with Gasteiger partial charge in [-0.05, 0) is 44.5 Å². The highest BCUT2D eigenvalue weighted by molar-refractivity contribution is 5.95. The van der Waals surface area contributed by atoms with Crippen molar-refractivity contribution in [2.24, 2.45) is 5.92 Å². The van der Waals surface area contributed by atoms with Crippen molar-refractivity contribution in [3.63, 3.8) is 0 Å². The van der Waals surface area contributed by atoms with E-state index in [0.29, 0.717) is 5.91 Å². The number of carbonyl (C=O) groups is 1. The molecule has 0 radical (unpaired) electrons. The summed E-state index contributed by atoms with van der Waals surface area (Å²) in [6, 6.07) is 10.1. The zero-order chi connectivity index (χ0) is 13.5. The van der Waals surface area contributed by atoms with Crippen molar-refractivity contribution in [1.82, 2.24) is 5.32 Å². The standard InChI is InChI=1S/C16H24N2O.ClH/c1-2-3-13-18(15-7-5-4-6-8-15)16(19)14-9-11-17-12-10-14;/h4-8,14,17H,2-3,9-13H2,1H3;1H. The van der Waals surface area contributed by atoms with Crippen LogP contribution in [0.4, 0.5) is 5.69 Å². The predicted octanol–water partition coefficient (Wildman–Crippen LogP) is 3.24. The van der Waals surface area contributed by atoms with Gasteiger partial charge in [-0.1, -0.05) is 31.5 Å². The van der Waals surface area contributed by atoms with Crippen LogP contribution >= 0.6 is 12.4 Å². The van der Waals surface area contributed by atoms with E-state index in [0.717, 1.165) is 51.0 Å². The number of hydrogen-bond donors (Lipinski definition) is 1. The zero-order valence-electron chi connectivity index (χ0n) is 12.2. The molecule has 2 rings (SSSR count). The largest absolute Gasteiger partial charge is 0.317 e. The molecular weight excluding hydrogens is 272 g/mol. The topological polar surface area (TPSA) is 32.3 Å². The second-order valence-corrected chi connectivity index (χ2v) is 5.20. The summed E-state index contributed by atoms with van der Waals surface area (Å²) in [5, 5.41) is 3.32. The van der Waals surface area contributed by atoms with Gasteiger partial charge in [0.05, 0.1) is 0 Å². The maximum atomic E-state index is 12.7. The summed E-state index contributed by atoms with van der Waals surface area (Å²) in [6.07, 6.45) is 4.11. The van der Waals surface area contributed by atoms with Gasteiger partial charge >= 0.3 is 0 Å².